The molecule has 40 valence electrons. The Balaban J connectivity index is 0. The first kappa shape index (κ1) is 9.71. The van der Waals surface area contributed by atoms with Crippen LogP contribution in [-0.2, 0) is 0 Å². The van der Waals surface area contributed by atoms with Gasteiger partial charge in [-0.15, -0.1) is 12.4 Å². The van der Waals surface area contributed by atoms with E-state index in [2.05, 4.69) is 20.0 Å². The van der Waals surface area contributed by atoms with Crippen molar-refractivity contribution < 1.29 is 0 Å². The minimum absolute atomic E-state index is 0. The normalized spacial score (nSPS) is 8.00. The smallest absolute Gasteiger partial charge is 0.0302 e. The Morgan fingerprint density at radius 2 is 1.50 bits per heavy atom. The Morgan fingerprint density at radius 3 is 1.50 bits per heavy atom. The van der Waals surface area contributed by atoms with Gasteiger partial charge in [0.05, 0.1) is 0 Å². The van der Waals surface area contributed by atoms with Crippen molar-refractivity contribution in [3.63, 3.8) is 0 Å². The van der Waals surface area contributed by atoms with Crippen LogP contribution in [-0.4, -0.2) is 8.80 Å². The summed E-state index contributed by atoms with van der Waals surface area (Å²) < 4.78 is 0. The first-order chi connectivity index (χ1) is 2.27. The first-order valence-electron chi connectivity index (χ1n) is 2.27. The van der Waals surface area contributed by atoms with E-state index in [1.807, 2.05) is 0 Å². The summed E-state index contributed by atoms with van der Waals surface area (Å²) in [6, 6.07) is 1.44. The van der Waals surface area contributed by atoms with E-state index >= 15 is 0 Å². The Labute approximate surface area is 48.0 Å². The minimum Gasteiger partial charge on any atom is -0.147 e. The number of hydrogen-bond acceptors (Lipinski definition) is 0. The predicted molar refractivity (Wildman–Crippen MR) is 36.6 cm³/mol. The van der Waals surface area contributed by atoms with Gasteiger partial charge in [-0.2, -0.15) is 0 Å². The van der Waals surface area contributed by atoms with Crippen LogP contribution in [0.3, 0.4) is 0 Å². The van der Waals surface area contributed by atoms with Gasteiger partial charge >= 0.3 is 0 Å². The molecule has 0 bridgehead atoms. The zero-order chi connectivity index (χ0) is 4.28. The molecule has 0 nitrogen and oxygen atoms in total. The summed E-state index contributed by atoms with van der Waals surface area (Å²) in [7, 11) is -0.150. The molecule has 0 aromatic rings. The molecule has 0 rings (SSSR count). The quantitative estimate of drug-likeness (QED) is 0.469. The molecular formula is C4H13ClSi. The maximum atomic E-state index is 2.36. The summed E-state index contributed by atoms with van der Waals surface area (Å²) in [5.74, 6) is 0. The van der Waals surface area contributed by atoms with Crippen LogP contribution >= 0.6 is 12.4 Å². The lowest BCUT2D eigenvalue weighted by atomic mass is 11.0. The second-order valence-corrected chi connectivity index (χ2v) is 5.41. The van der Waals surface area contributed by atoms with E-state index < -0.39 is 0 Å². The highest BCUT2D eigenvalue weighted by atomic mass is 35.5. The van der Waals surface area contributed by atoms with Gasteiger partial charge < -0.3 is 0 Å². The average molecular weight is 125 g/mol. The van der Waals surface area contributed by atoms with Crippen LogP contribution in [0, 0.1) is 0 Å². The van der Waals surface area contributed by atoms with Crippen LogP contribution in [0.5, 0.6) is 0 Å². The summed E-state index contributed by atoms with van der Waals surface area (Å²) >= 11 is 0. The van der Waals surface area contributed by atoms with E-state index in [4.69, 9.17) is 0 Å². The van der Waals surface area contributed by atoms with Crippen molar-refractivity contribution in [1.29, 1.82) is 0 Å². The van der Waals surface area contributed by atoms with Gasteiger partial charge in [0.1, 0.15) is 0 Å². The maximum absolute atomic E-state index is 2.36. The largest absolute Gasteiger partial charge is 0.147 e. The van der Waals surface area contributed by atoms with Gasteiger partial charge in [0, 0.05) is 8.80 Å². The summed E-state index contributed by atoms with van der Waals surface area (Å²) in [5.41, 5.74) is 0. The monoisotopic (exact) mass is 124 g/mol. The van der Waals surface area contributed by atoms with Crippen molar-refractivity contribution in [2.45, 2.75) is 26.1 Å². The third kappa shape index (κ3) is 8.82. The zero-order valence-corrected chi connectivity index (χ0v) is 6.66. The van der Waals surface area contributed by atoms with Crippen LogP contribution in [0.1, 0.15) is 6.92 Å². The maximum Gasteiger partial charge on any atom is 0.0302 e. The van der Waals surface area contributed by atoms with Gasteiger partial charge in [-0.05, 0) is 0 Å². The van der Waals surface area contributed by atoms with Crippen LogP contribution in [0.2, 0.25) is 19.1 Å². The molecule has 0 spiro atoms. The fraction of sp³-hybridized carbons (Fsp3) is 1.00. The van der Waals surface area contributed by atoms with Crippen LogP contribution in [0.4, 0.5) is 0 Å². The lowest BCUT2D eigenvalue weighted by molar-refractivity contribution is 1.41. The molecule has 0 N–H and O–H groups in total. The molecule has 0 amide bonds. The highest BCUT2D eigenvalue weighted by Crippen LogP contribution is 1.83. The molecule has 0 aliphatic carbocycles. The van der Waals surface area contributed by atoms with E-state index in [0.29, 0.717) is 0 Å². The SMILES string of the molecule is CC[SiH](C)C.Cl. The van der Waals surface area contributed by atoms with E-state index in [1.165, 1.54) is 6.04 Å². The molecule has 0 aliphatic rings. The van der Waals surface area contributed by atoms with Crippen molar-refractivity contribution in [2.75, 3.05) is 0 Å². The van der Waals surface area contributed by atoms with Gasteiger partial charge in [-0.1, -0.05) is 26.1 Å². The fourth-order valence-electron chi connectivity index (χ4n) is 0. The number of rotatable bonds is 1. The third-order valence-electron chi connectivity index (χ3n) is 0.816. The van der Waals surface area contributed by atoms with Crippen molar-refractivity contribution in [3.05, 3.63) is 0 Å². The van der Waals surface area contributed by atoms with Gasteiger partial charge in [-0.3, -0.25) is 0 Å². The van der Waals surface area contributed by atoms with Crippen molar-refractivity contribution in [1.82, 2.24) is 0 Å². The van der Waals surface area contributed by atoms with Crippen molar-refractivity contribution >= 4 is 21.2 Å². The molecule has 0 heterocycles. The second kappa shape index (κ2) is 5.51. The summed E-state index contributed by atoms with van der Waals surface area (Å²) in [6.45, 7) is 6.98. The van der Waals surface area contributed by atoms with Crippen molar-refractivity contribution in [2.24, 2.45) is 0 Å². The highest BCUT2D eigenvalue weighted by Gasteiger charge is 1.82. The number of hydrogen-bond donors (Lipinski definition) is 0. The molecule has 0 fully saturated rings. The van der Waals surface area contributed by atoms with Crippen molar-refractivity contribution in [3.8, 4) is 0 Å². The summed E-state index contributed by atoms with van der Waals surface area (Å²) in [4.78, 5) is 0. The van der Waals surface area contributed by atoms with Crippen LogP contribution in [0.15, 0.2) is 0 Å². The molecule has 0 radical (unpaired) electrons. The molecule has 0 saturated heterocycles. The third-order valence-corrected chi connectivity index (χ3v) is 2.45. The second-order valence-electron chi connectivity index (χ2n) is 1.80. The molecule has 2 heteroatoms. The topological polar surface area (TPSA) is 0 Å². The van der Waals surface area contributed by atoms with Crippen LogP contribution in [0.25, 0.3) is 0 Å². The summed E-state index contributed by atoms with van der Waals surface area (Å²) in [6.07, 6.45) is 0. The molecule has 0 aliphatic heterocycles. The minimum atomic E-state index is -0.150. The predicted octanol–water partition coefficient (Wildman–Crippen LogP) is 1.91. The molecule has 0 unspecified atom stereocenters. The number of halogens is 1. The van der Waals surface area contributed by atoms with Gasteiger partial charge in [0.2, 0.25) is 0 Å². The van der Waals surface area contributed by atoms with Gasteiger partial charge in [0.25, 0.3) is 0 Å². The Hall–Kier alpha value is 0.507. The van der Waals surface area contributed by atoms with Gasteiger partial charge in [0.15, 0.2) is 0 Å². The lowest BCUT2D eigenvalue weighted by Gasteiger charge is -1.87. The first-order valence-corrected chi connectivity index (χ1v) is 5.40. The Bertz CT molecular complexity index is 21.5. The average Bonchev–Trinajstić information content (AvgIpc) is 1.38. The standard InChI is InChI=1S/C4H12Si.ClH/c1-4-5(2)3;/h5H,4H2,1-3H3;1H. The lowest BCUT2D eigenvalue weighted by Crippen LogP contribution is -1.92. The fourth-order valence-corrected chi connectivity index (χ4v) is 0. The van der Waals surface area contributed by atoms with E-state index in [1.54, 1.807) is 0 Å². The molecule has 0 aromatic heterocycles. The Kier molecular flexibility index (Phi) is 8.92. The molecular weight excluding hydrogens is 112 g/mol. The van der Waals surface area contributed by atoms with Gasteiger partial charge in [-0.25, -0.2) is 0 Å². The highest BCUT2D eigenvalue weighted by molar-refractivity contribution is 6.55. The molecule has 6 heavy (non-hydrogen) atoms. The zero-order valence-electron chi connectivity index (χ0n) is 4.69. The molecule has 0 atom stereocenters. The molecule has 0 saturated carbocycles. The van der Waals surface area contributed by atoms with Crippen LogP contribution < -0.4 is 0 Å². The molecule has 0 aromatic carbocycles. The van der Waals surface area contributed by atoms with E-state index in [9.17, 15) is 0 Å². The van der Waals surface area contributed by atoms with E-state index in [0.717, 1.165) is 0 Å². The Morgan fingerprint density at radius 1 is 1.33 bits per heavy atom. The van der Waals surface area contributed by atoms with E-state index in [-0.39, 0.29) is 21.2 Å². The summed E-state index contributed by atoms with van der Waals surface area (Å²) in [5, 5.41) is 0.